The Labute approximate surface area is 87.3 Å². The molecule has 1 nitrogen and oxygen atoms in total. The fraction of sp³-hybridized carbons (Fsp3) is 0.400. The summed E-state index contributed by atoms with van der Waals surface area (Å²) in [5.41, 5.74) is 1.19. The molecule has 1 saturated carbocycles. The highest BCUT2D eigenvalue weighted by Crippen LogP contribution is 2.47. The van der Waals surface area contributed by atoms with Crippen LogP contribution in [-0.2, 0) is 0 Å². The summed E-state index contributed by atoms with van der Waals surface area (Å²) >= 11 is 11.7. The first-order chi connectivity index (χ1) is 6.22. The van der Waals surface area contributed by atoms with Crippen LogP contribution < -0.4 is 0 Å². The van der Waals surface area contributed by atoms with Gasteiger partial charge >= 0.3 is 0 Å². The van der Waals surface area contributed by atoms with Gasteiger partial charge in [-0.1, -0.05) is 29.3 Å². The first-order valence-electron chi connectivity index (χ1n) is 4.28. The van der Waals surface area contributed by atoms with Crippen LogP contribution in [0.15, 0.2) is 18.2 Å². The van der Waals surface area contributed by atoms with Crippen LogP contribution in [0.3, 0.4) is 0 Å². The van der Waals surface area contributed by atoms with Crippen molar-refractivity contribution in [2.45, 2.75) is 12.3 Å². The van der Waals surface area contributed by atoms with Gasteiger partial charge in [-0.05, 0) is 36.0 Å². The Morgan fingerprint density at radius 1 is 1.31 bits per heavy atom. The minimum absolute atomic E-state index is 0.269. The van der Waals surface area contributed by atoms with Gasteiger partial charge in [0, 0.05) is 6.61 Å². The van der Waals surface area contributed by atoms with Crippen LogP contribution in [0.2, 0.25) is 10.0 Å². The maximum atomic E-state index is 8.90. The molecule has 0 aromatic heterocycles. The van der Waals surface area contributed by atoms with E-state index in [1.165, 1.54) is 5.56 Å². The topological polar surface area (TPSA) is 20.2 Å². The van der Waals surface area contributed by atoms with E-state index in [-0.39, 0.29) is 6.61 Å². The molecule has 1 aliphatic carbocycles. The fourth-order valence-corrected chi connectivity index (χ4v) is 1.91. The molecule has 0 unspecified atom stereocenters. The third-order valence-corrected chi connectivity index (χ3v) is 3.27. The van der Waals surface area contributed by atoms with E-state index in [9.17, 15) is 0 Å². The average Bonchev–Trinajstić information content (AvgIpc) is 2.88. The molecule has 0 radical (unpaired) electrons. The largest absolute Gasteiger partial charge is 0.396 e. The molecule has 70 valence electrons. The number of benzene rings is 1. The van der Waals surface area contributed by atoms with Crippen LogP contribution >= 0.6 is 23.2 Å². The van der Waals surface area contributed by atoms with Gasteiger partial charge in [0.1, 0.15) is 0 Å². The van der Waals surface area contributed by atoms with Crippen LogP contribution in [0.5, 0.6) is 0 Å². The highest BCUT2D eigenvalue weighted by Gasteiger charge is 2.37. The molecule has 3 heteroatoms. The lowest BCUT2D eigenvalue weighted by atomic mass is 10.1. The third-order valence-electron chi connectivity index (χ3n) is 2.53. The van der Waals surface area contributed by atoms with E-state index in [4.69, 9.17) is 28.3 Å². The zero-order chi connectivity index (χ0) is 9.42. The molecule has 1 aromatic rings. The summed E-state index contributed by atoms with van der Waals surface area (Å²) in [4.78, 5) is 0. The summed E-state index contributed by atoms with van der Waals surface area (Å²) in [7, 11) is 0. The van der Waals surface area contributed by atoms with Crippen molar-refractivity contribution in [2.75, 3.05) is 6.61 Å². The maximum Gasteiger partial charge on any atom is 0.0595 e. The summed E-state index contributed by atoms with van der Waals surface area (Å²) < 4.78 is 0. The monoisotopic (exact) mass is 216 g/mol. The summed E-state index contributed by atoms with van der Waals surface area (Å²) in [6.45, 7) is 0.269. The Hall–Kier alpha value is -0.240. The smallest absolute Gasteiger partial charge is 0.0595 e. The third kappa shape index (κ3) is 1.83. The van der Waals surface area contributed by atoms with E-state index in [1.54, 1.807) is 0 Å². The second-order valence-corrected chi connectivity index (χ2v) is 4.27. The highest BCUT2D eigenvalue weighted by molar-refractivity contribution is 6.42. The summed E-state index contributed by atoms with van der Waals surface area (Å²) in [5, 5.41) is 10.1. The van der Waals surface area contributed by atoms with Gasteiger partial charge in [0.15, 0.2) is 0 Å². The number of aliphatic hydroxyl groups excluding tert-OH is 1. The maximum absolute atomic E-state index is 8.90. The first kappa shape index (κ1) is 9.32. The van der Waals surface area contributed by atoms with Crippen LogP contribution in [-0.4, -0.2) is 11.7 Å². The second-order valence-electron chi connectivity index (χ2n) is 3.46. The van der Waals surface area contributed by atoms with Gasteiger partial charge in [0.2, 0.25) is 0 Å². The van der Waals surface area contributed by atoms with Crippen LogP contribution in [0.1, 0.15) is 17.9 Å². The zero-order valence-corrected chi connectivity index (χ0v) is 8.52. The fourth-order valence-electron chi connectivity index (χ4n) is 1.60. The number of hydrogen-bond acceptors (Lipinski definition) is 1. The minimum atomic E-state index is 0.269. The molecule has 0 bridgehead atoms. The summed E-state index contributed by atoms with van der Waals surface area (Å²) in [5.74, 6) is 0.914. The quantitative estimate of drug-likeness (QED) is 0.806. The molecular formula is C10H10Cl2O. The van der Waals surface area contributed by atoms with Crippen LogP contribution in [0, 0.1) is 5.92 Å². The minimum Gasteiger partial charge on any atom is -0.396 e. The van der Waals surface area contributed by atoms with Gasteiger partial charge in [-0.2, -0.15) is 0 Å². The molecule has 2 rings (SSSR count). The Morgan fingerprint density at radius 2 is 2.08 bits per heavy atom. The van der Waals surface area contributed by atoms with Crippen molar-refractivity contribution < 1.29 is 5.11 Å². The van der Waals surface area contributed by atoms with Crippen LogP contribution in [0.4, 0.5) is 0 Å². The van der Waals surface area contributed by atoms with Gasteiger partial charge in [0.05, 0.1) is 10.0 Å². The van der Waals surface area contributed by atoms with Gasteiger partial charge in [0.25, 0.3) is 0 Å². The summed E-state index contributed by atoms with van der Waals surface area (Å²) in [6.07, 6.45) is 1.06. The predicted molar refractivity (Wildman–Crippen MR) is 54.4 cm³/mol. The molecule has 0 spiro atoms. The summed E-state index contributed by atoms with van der Waals surface area (Å²) in [6, 6.07) is 5.69. The molecule has 1 N–H and O–H groups in total. The van der Waals surface area contributed by atoms with E-state index in [1.807, 2.05) is 18.2 Å². The molecule has 1 aromatic carbocycles. The Bertz CT molecular complexity index is 325. The van der Waals surface area contributed by atoms with Crippen molar-refractivity contribution in [3.05, 3.63) is 33.8 Å². The molecule has 1 aliphatic rings. The lowest BCUT2D eigenvalue weighted by Gasteiger charge is -2.01. The van der Waals surface area contributed by atoms with Crippen molar-refractivity contribution >= 4 is 23.2 Å². The Morgan fingerprint density at radius 3 is 2.62 bits per heavy atom. The van der Waals surface area contributed by atoms with Crippen LogP contribution in [0.25, 0.3) is 0 Å². The molecule has 1 fully saturated rings. The van der Waals surface area contributed by atoms with Gasteiger partial charge < -0.3 is 5.11 Å². The number of aliphatic hydroxyl groups is 1. The number of rotatable bonds is 2. The average molecular weight is 217 g/mol. The Balaban J connectivity index is 2.19. The van der Waals surface area contributed by atoms with Gasteiger partial charge in [-0.3, -0.25) is 0 Å². The van der Waals surface area contributed by atoms with Crippen molar-refractivity contribution in [1.29, 1.82) is 0 Å². The molecule has 0 aliphatic heterocycles. The standard InChI is InChI=1S/C10H10Cl2O/c11-9-2-1-6(4-10(9)12)8-3-7(8)5-13/h1-2,4,7-8,13H,3,5H2/t7-,8-/m0/s1. The van der Waals surface area contributed by atoms with Crippen molar-refractivity contribution in [3.63, 3.8) is 0 Å². The van der Waals surface area contributed by atoms with Crippen molar-refractivity contribution in [3.8, 4) is 0 Å². The van der Waals surface area contributed by atoms with Crippen molar-refractivity contribution in [1.82, 2.24) is 0 Å². The van der Waals surface area contributed by atoms with Gasteiger partial charge in [-0.15, -0.1) is 0 Å². The SMILES string of the molecule is OC[C@@H]1C[C@H]1c1ccc(Cl)c(Cl)c1. The molecule has 13 heavy (non-hydrogen) atoms. The number of halogens is 2. The van der Waals surface area contributed by atoms with E-state index in [0.29, 0.717) is 21.9 Å². The van der Waals surface area contributed by atoms with Crippen molar-refractivity contribution in [2.24, 2.45) is 5.92 Å². The molecule has 0 heterocycles. The second kappa shape index (κ2) is 3.49. The molecule has 0 saturated heterocycles. The normalized spacial score (nSPS) is 26.1. The predicted octanol–water partition coefficient (Wildman–Crippen LogP) is 3.09. The van der Waals surface area contributed by atoms with E-state index < -0.39 is 0 Å². The Kier molecular flexibility index (Phi) is 2.50. The molecule has 0 amide bonds. The highest BCUT2D eigenvalue weighted by atomic mass is 35.5. The van der Waals surface area contributed by atoms with E-state index >= 15 is 0 Å². The number of hydrogen-bond donors (Lipinski definition) is 1. The molecule has 2 atom stereocenters. The lowest BCUT2D eigenvalue weighted by molar-refractivity contribution is 0.274. The zero-order valence-electron chi connectivity index (χ0n) is 7.00. The van der Waals surface area contributed by atoms with Gasteiger partial charge in [-0.25, -0.2) is 0 Å². The molecular weight excluding hydrogens is 207 g/mol. The van der Waals surface area contributed by atoms with E-state index in [2.05, 4.69) is 0 Å². The lowest BCUT2D eigenvalue weighted by Crippen LogP contribution is -1.88. The first-order valence-corrected chi connectivity index (χ1v) is 5.03. The van der Waals surface area contributed by atoms with E-state index in [0.717, 1.165) is 6.42 Å².